The van der Waals surface area contributed by atoms with Gasteiger partial charge in [0.25, 0.3) is 0 Å². The Hall–Kier alpha value is -0.540. The third-order valence-corrected chi connectivity index (χ3v) is 1.68. The average molecular weight is 190 g/mol. The number of hydrogen-bond acceptors (Lipinski definition) is 2. The van der Waals surface area contributed by atoms with E-state index in [2.05, 4.69) is 28.7 Å². The molecule has 0 aromatic carbocycles. The highest BCUT2D eigenvalue weighted by Crippen LogP contribution is 1.95. The highest BCUT2D eigenvalue weighted by Gasteiger charge is 1.97. The lowest BCUT2D eigenvalue weighted by Crippen LogP contribution is -2.15. The maximum atomic E-state index is 4.22. The SMILES string of the molecule is CCNCc1nccn1CC.Cl. The third-order valence-electron chi connectivity index (χ3n) is 1.68. The second-order valence-electron chi connectivity index (χ2n) is 2.41. The van der Waals surface area contributed by atoms with Crippen LogP contribution in [0.1, 0.15) is 19.7 Å². The van der Waals surface area contributed by atoms with Crippen molar-refractivity contribution in [2.24, 2.45) is 0 Å². The van der Waals surface area contributed by atoms with E-state index in [1.807, 2.05) is 12.4 Å². The van der Waals surface area contributed by atoms with Crippen LogP contribution in [0.4, 0.5) is 0 Å². The van der Waals surface area contributed by atoms with Gasteiger partial charge in [-0.3, -0.25) is 0 Å². The summed E-state index contributed by atoms with van der Waals surface area (Å²) in [6.45, 7) is 7.09. The molecule has 0 aliphatic carbocycles. The number of nitrogens with one attached hydrogen (secondary N) is 1. The minimum Gasteiger partial charge on any atom is -0.334 e. The first kappa shape index (κ1) is 11.5. The molecule has 70 valence electrons. The van der Waals surface area contributed by atoms with Gasteiger partial charge in [0, 0.05) is 18.9 Å². The van der Waals surface area contributed by atoms with Gasteiger partial charge in [-0.1, -0.05) is 6.92 Å². The Morgan fingerprint density at radius 2 is 2.25 bits per heavy atom. The third kappa shape index (κ3) is 2.83. The lowest BCUT2D eigenvalue weighted by Gasteiger charge is -2.03. The quantitative estimate of drug-likeness (QED) is 0.777. The summed E-state index contributed by atoms with van der Waals surface area (Å²) in [5, 5.41) is 3.24. The smallest absolute Gasteiger partial charge is 0.122 e. The molecule has 4 heteroatoms. The zero-order valence-corrected chi connectivity index (χ0v) is 8.40. The van der Waals surface area contributed by atoms with Gasteiger partial charge in [0.15, 0.2) is 0 Å². The predicted octanol–water partition coefficient (Wildman–Crippen LogP) is 1.43. The van der Waals surface area contributed by atoms with Crippen molar-refractivity contribution in [2.45, 2.75) is 26.9 Å². The summed E-state index contributed by atoms with van der Waals surface area (Å²) in [4.78, 5) is 4.22. The highest BCUT2D eigenvalue weighted by molar-refractivity contribution is 5.85. The fourth-order valence-corrected chi connectivity index (χ4v) is 1.03. The van der Waals surface area contributed by atoms with Crippen molar-refractivity contribution >= 4 is 12.4 Å². The minimum absolute atomic E-state index is 0. The van der Waals surface area contributed by atoms with Crippen LogP contribution in [0.15, 0.2) is 12.4 Å². The van der Waals surface area contributed by atoms with Gasteiger partial charge in [-0.15, -0.1) is 12.4 Å². The molecule has 0 saturated heterocycles. The van der Waals surface area contributed by atoms with Crippen LogP contribution in [0, 0.1) is 0 Å². The lowest BCUT2D eigenvalue weighted by atomic mass is 10.5. The van der Waals surface area contributed by atoms with Gasteiger partial charge >= 0.3 is 0 Å². The van der Waals surface area contributed by atoms with E-state index in [0.29, 0.717) is 0 Å². The van der Waals surface area contributed by atoms with Crippen LogP contribution in [-0.4, -0.2) is 16.1 Å². The zero-order chi connectivity index (χ0) is 8.10. The van der Waals surface area contributed by atoms with E-state index in [0.717, 1.165) is 25.5 Å². The van der Waals surface area contributed by atoms with Crippen LogP contribution in [-0.2, 0) is 13.1 Å². The Morgan fingerprint density at radius 1 is 1.50 bits per heavy atom. The molecule has 0 aliphatic rings. The van der Waals surface area contributed by atoms with Crippen molar-refractivity contribution in [1.82, 2.24) is 14.9 Å². The zero-order valence-electron chi connectivity index (χ0n) is 7.58. The van der Waals surface area contributed by atoms with Gasteiger partial charge in [0.2, 0.25) is 0 Å². The lowest BCUT2D eigenvalue weighted by molar-refractivity contribution is 0.629. The number of nitrogens with zero attached hydrogens (tertiary/aromatic N) is 2. The Labute approximate surface area is 79.6 Å². The van der Waals surface area contributed by atoms with E-state index in [1.54, 1.807) is 0 Å². The molecular formula is C8H16ClN3. The van der Waals surface area contributed by atoms with Crippen LogP contribution in [0.2, 0.25) is 0 Å². The second-order valence-corrected chi connectivity index (χ2v) is 2.41. The van der Waals surface area contributed by atoms with E-state index >= 15 is 0 Å². The van der Waals surface area contributed by atoms with E-state index < -0.39 is 0 Å². The van der Waals surface area contributed by atoms with Gasteiger partial charge < -0.3 is 9.88 Å². The summed E-state index contributed by atoms with van der Waals surface area (Å²) in [5.74, 6) is 1.12. The predicted molar refractivity (Wildman–Crippen MR) is 52.5 cm³/mol. The summed E-state index contributed by atoms with van der Waals surface area (Å²) in [6.07, 6.45) is 3.85. The molecule has 1 N–H and O–H groups in total. The number of imidazole rings is 1. The standard InChI is InChI=1S/C8H15N3.ClH/c1-3-9-7-8-10-5-6-11(8)4-2;/h5-6,9H,3-4,7H2,1-2H3;1H. The Balaban J connectivity index is 0.00000121. The molecule has 1 rings (SSSR count). The molecule has 0 saturated carbocycles. The van der Waals surface area contributed by atoms with Gasteiger partial charge in [0.05, 0.1) is 6.54 Å². The highest BCUT2D eigenvalue weighted by atomic mass is 35.5. The van der Waals surface area contributed by atoms with Gasteiger partial charge in [-0.25, -0.2) is 4.98 Å². The van der Waals surface area contributed by atoms with E-state index in [-0.39, 0.29) is 12.4 Å². The number of rotatable bonds is 4. The number of hydrogen-bond donors (Lipinski definition) is 1. The molecule has 1 aromatic heterocycles. The summed E-state index contributed by atoms with van der Waals surface area (Å²) < 4.78 is 2.14. The number of halogens is 1. The van der Waals surface area contributed by atoms with Gasteiger partial charge in [-0.05, 0) is 13.5 Å². The molecule has 0 bridgehead atoms. The molecule has 12 heavy (non-hydrogen) atoms. The molecule has 0 amide bonds. The molecule has 3 nitrogen and oxygen atoms in total. The largest absolute Gasteiger partial charge is 0.334 e. The second kappa shape index (κ2) is 6.03. The fraction of sp³-hybridized carbons (Fsp3) is 0.625. The first-order valence-corrected chi connectivity index (χ1v) is 4.09. The summed E-state index contributed by atoms with van der Waals surface area (Å²) in [7, 11) is 0. The maximum absolute atomic E-state index is 4.22. The molecule has 0 spiro atoms. The van der Waals surface area contributed by atoms with Crippen LogP contribution < -0.4 is 5.32 Å². The molecule has 0 unspecified atom stereocenters. The van der Waals surface area contributed by atoms with E-state index in [9.17, 15) is 0 Å². The molecule has 1 aromatic rings. The van der Waals surface area contributed by atoms with Crippen molar-refractivity contribution in [3.8, 4) is 0 Å². The van der Waals surface area contributed by atoms with Crippen molar-refractivity contribution in [1.29, 1.82) is 0 Å². The molecule has 0 fully saturated rings. The molecule has 0 aliphatic heterocycles. The van der Waals surface area contributed by atoms with Crippen LogP contribution in [0.25, 0.3) is 0 Å². The van der Waals surface area contributed by atoms with E-state index in [1.165, 1.54) is 0 Å². The molecule has 0 atom stereocenters. The summed E-state index contributed by atoms with van der Waals surface area (Å²) >= 11 is 0. The topological polar surface area (TPSA) is 29.9 Å². The van der Waals surface area contributed by atoms with Crippen molar-refractivity contribution in [3.05, 3.63) is 18.2 Å². The molecule has 1 heterocycles. The maximum Gasteiger partial charge on any atom is 0.122 e. The van der Waals surface area contributed by atoms with Gasteiger partial charge in [0.1, 0.15) is 5.82 Å². The summed E-state index contributed by atoms with van der Waals surface area (Å²) in [5.41, 5.74) is 0. The Bertz CT molecular complexity index is 210. The minimum atomic E-state index is 0. The van der Waals surface area contributed by atoms with Crippen molar-refractivity contribution < 1.29 is 0 Å². The van der Waals surface area contributed by atoms with Crippen LogP contribution in [0.3, 0.4) is 0 Å². The molecular weight excluding hydrogens is 174 g/mol. The van der Waals surface area contributed by atoms with Crippen LogP contribution >= 0.6 is 12.4 Å². The van der Waals surface area contributed by atoms with E-state index in [4.69, 9.17) is 0 Å². The first-order chi connectivity index (χ1) is 5.38. The Kier molecular flexibility index (Phi) is 5.76. The normalized spacial score (nSPS) is 9.50. The van der Waals surface area contributed by atoms with Crippen molar-refractivity contribution in [3.63, 3.8) is 0 Å². The Morgan fingerprint density at radius 3 is 2.83 bits per heavy atom. The van der Waals surface area contributed by atoms with Crippen LogP contribution in [0.5, 0.6) is 0 Å². The molecule has 0 radical (unpaired) electrons. The first-order valence-electron chi connectivity index (χ1n) is 4.09. The number of aromatic nitrogens is 2. The number of aryl methyl sites for hydroxylation is 1. The average Bonchev–Trinajstić information content (AvgIpc) is 2.47. The summed E-state index contributed by atoms with van der Waals surface area (Å²) in [6, 6.07) is 0. The fourth-order valence-electron chi connectivity index (χ4n) is 1.03. The monoisotopic (exact) mass is 189 g/mol. The van der Waals surface area contributed by atoms with Gasteiger partial charge in [-0.2, -0.15) is 0 Å². The van der Waals surface area contributed by atoms with Crippen molar-refractivity contribution in [2.75, 3.05) is 6.54 Å².